The van der Waals surface area contributed by atoms with E-state index >= 15 is 0 Å². The lowest BCUT2D eigenvalue weighted by Crippen LogP contribution is -2.33. The number of aromatic nitrogens is 2. The van der Waals surface area contributed by atoms with Gasteiger partial charge in [0.15, 0.2) is 6.17 Å². The molecule has 0 bridgehead atoms. The summed E-state index contributed by atoms with van der Waals surface area (Å²) in [6.07, 6.45) is -1.58. The van der Waals surface area contributed by atoms with E-state index in [0.717, 1.165) is 16.3 Å². The molecule has 1 aliphatic rings. The van der Waals surface area contributed by atoms with Gasteiger partial charge in [-0.2, -0.15) is 4.98 Å². The minimum absolute atomic E-state index is 0. The first-order valence-corrected chi connectivity index (χ1v) is 5.92. The van der Waals surface area contributed by atoms with E-state index in [4.69, 9.17) is 10.8 Å². The van der Waals surface area contributed by atoms with Crippen LogP contribution < -0.4 is 11.4 Å². The van der Waals surface area contributed by atoms with Gasteiger partial charge in [-0.05, 0) is 6.07 Å². The summed E-state index contributed by atoms with van der Waals surface area (Å²) in [5, 5.41) is 17.0. The van der Waals surface area contributed by atoms with Gasteiger partial charge >= 0.3 is 5.69 Å². The SMILES string of the molecule is I.Nc1ccn(C2S[C@@H](CO)[C@H](O)[C@H]2F)c(=O)n1. The van der Waals surface area contributed by atoms with E-state index in [-0.39, 0.29) is 36.4 Å². The van der Waals surface area contributed by atoms with Crippen LogP contribution >= 0.6 is 35.7 Å². The number of hydrogen-bond donors (Lipinski definition) is 3. The summed E-state index contributed by atoms with van der Waals surface area (Å²) >= 11 is 1.01. The molecule has 0 aliphatic carbocycles. The molecule has 18 heavy (non-hydrogen) atoms. The third-order valence-corrected chi connectivity index (χ3v) is 4.14. The molecule has 0 aromatic carbocycles. The number of hydrogen-bond acceptors (Lipinski definition) is 6. The highest BCUT2D eigenvalue weighted by atomic mass is 127. The summed E-state index contributed by atoms with van der Waals surface area (Å²) in [6.45, 7) is -0.347. The van der Waals surface area contributed by atoms with E-state index in [9.17, 15) is 14.3 Å². The normalized spacial score (nSPS) is 31.1. The Bertz CT molecular complexity index is 475. The van der Waals surface area contributed by atoms with Crippen molar-refractivity contribution in [2.45, 2.75) is 22.9 Å². The molecule has 1 aromatic rings. The summed E-state index contributed by atoms with van der Waals surface area (Å²) in [7, 11) is 0. The molecule has 1 aliphatic heterocycles. The maximum absolute atomic E-state index is 13.8. The van der Waals surface area contributed by atoms with Gasteiger partial charge in [0.1, 0.15) is 17.3 Å². The van der Waals surface area contributed by atoms with Crippen molar-refractivity contribution in [3.63, 3.8) is 0 Å². The molecular formula is C9H13FIN3O3S. The minimum atomic E-state index is -1.62. The molecule has 2 rings (SSSR count). The van der Waals surface area contributed by atoms with Crippen molar-refractivity contribution >= 4 is 41.6 Å². The Kier molecular flexibility index (Phi) is 5.37. The minimum Gasteiger partial charge on any atom is -0.395 e. The molecule has 102 valence electrons. The third kappa shape index (κ3) is 2.78. The van der Waals surface area contributed by atoms with E-state index in [1.54, 1.807) is 0 Å². The summed E-state index contributed by atoms with van der Waals surface area (Å²) < 4.78 is 14.9. The lowest BCUT2D eigenvalue weighted by atomic mass is 10.1. The lowest BCUT2D eigenvalue weighted by Gasteiger charge is -2.15. The molecule has 4 N–H and O–H groups in total. The Morgan fingerprint density at radius 1 is 1.61 bits per heavy atom. The zero-order valence-electron chi connectivity index (χ0n) is 9.14. The number of alkyl halides is 1. The molecule has 0 spiro atoms. The summed E-state index contributed by atoms with van der Waals surface area (Å²) in [5.41, 5.74) is 4.66. The van der Waals surface area contributed by atoms with Crippen molar-refractivity contribution < 1.29 is 14.6 Å². The predicted molar refractivity (Wildman–Crippen MR) is 76.7 cm³/mol. The topological polar surface area (TPSA) is 101 Å². The molecule has 6 nitrogen and oxygen atoms in total. The van der Waals surface area contributed by atoms with Crippen LogP contribution in [0.2, 0.25) is 0 Å². The summed E-state index contributed by atoms with van der Waals surface area (Å²) in [4.78, 5) is 15.0. The number of rotatable bonds is 2. The van der Waals surface area contributed by atoms with Crippen LogP contribution in [0.3, 0.4) is 0 Å². The molecule has 0 amide bonds. The Morgan fingerprint density at radius 3 is 2.78 bits per heavy atom. The van der Waals surface area contributed by atoms with E-state index in [2.05, 4.69) is 4.98 Å². The second kappa shape index (κ2) is 6.17. The summed E-state index contributed by atoms with van der Waals surface area (Å²) in [6, 6.07) is 1.38. The molecule has 1 fully saturated rings. The number of thioether (sulfide) groups is 1. The van der Waals surface area contributed by atoms with Crippen molar-refractivity contribution in [2.24, 2.45) is 0 Å². The standard InChI is InChI=1S/C9H12FN3O3S.HI/c10-6-7(15)4(3-14)17-8(6)13-2-1-5(11)12-9(13)16;/h1-2,4,6-8,14-15H,3H2,(H2,11,12,16);1H/t4-,6+,7-,8?;/m0./s1. The molecule has 4 atom stereocenters. The molecule has 0 radical (unpaired) electrons. The average molecular weight is 389 g/mol. The average Bonchev–Trinajstić information content (AvgIpc) is 2.57. The van der Waals surface area contributed by atoms with Crippen molar-refractivity contribution in [1.82, 2.24) is 9.55 Å². The Balaban J connectivity index is 0.00000162. The van der Waals surface area contributed by atoms with Gasteiger partial charge in [-0.3, -0.25) is 4.57 Å². The van der Waals surface area contributed by atoms with E-state index < -0.39 is 28.6 Å². The number of halogens is 2. The predicted octanol–water partition coefficient (Wildman–Crippen LogP) is -0.251. The molecule has 9 heteroatoms. The largest absolute Gasteiger partial charge is 0.395 e. The van der Waals surface area contributed by atoms with Gasteiger partial charge in [0, 0.05) is 6.20 Å². The smallest absolute Gasteiger partial charge is 0.350 e. The van der Waals surface area contributed by atoms with Gasteiger partial charge in [-0.1, -0.05) is 0 Å². The number of nitrogen functional groups attached to an aromatic ring is 1. The van der Waals surface area contributed by atoms with Crippen LogP contribution in [0.1, 0.15) is 5.37 Å². The van der Waals surface area contributed by atoms with Crippen LogP contribution in [-0.2, 0) is 0 Å². The second-order valence-corrected chi connectivity index (χ2v) is 5.09. The Morgan fingerprint density at radius 2 is 2.28 bits per heavy atom. The Hall–Kier alpha value is -0.390. The molecule has 2 heterocycles. The van der Waals surface area contributed by atoms with E-state index in [1.165, 1.54) is 12.3 Å². The van der Waals surface area contributed by atoms with Crippen molar-refractivity contribution in [2.75, 3.05) is 12.3 Å². The highest BCUT2D eigenvalue weighted by molar-refractivity contribution is 14.0. The number of nitrogens with zero attached hydrogens (tertiary/aromatic N) is 2. The van der Waals surface area contributed by atoms with Gasteiger partial charge in [0.2, 0.25) is 0 Å². The maximum Gasteiger partial charge on any atom is 0.350 e. The van der Waals surface area contributed by atoms with Crippen molar-refractivity contribution in [3.05, 3.63) is 22.7 Å². The van der Waals surface area contributed by atoms with Crippen LogP contribution in [-0.4, -0.2) is 43.9 Å². The monoisotopic (exact) mass is 389 g/mol. The van der Waals surface area contributed by atoms with E-state index in [0.29, 0.717) is 0 Å². The highest BCUT2D eigenvalue weighted by Crippen LogP contribution is 2.42. The molecule has 1 aromatic heterocycles. The van der Waals surface area contributed by atoms with Crippen molar-refractivity contribution in [3.8, 4) is 0 Å². The first-order valence-electron chi connectivity index (χ1n) is 4.97. The summed E-state index contributed by atoms with van der Waals surface area (Å²) in [5.74, 6) is 0.0592. The van der Waals surface area contributed by atoms with Crippen molar-refractivity contribution in [1.29, 1.82) is 0 Å². The number of nitrogens with two attached hydrogens (primary N) is 1. The third-order valence-electron chi connectivity index (χ3n) is 2.60. The van der Waals surface area contributed by atoms with Crippen LogP contribution in [0.25, 0.3) is 0 Å². The van der Waals surface area contributed by atoms with Gasteiger partial charge < -0.3 is 15.9 Å². The van der Waals surface area contributed by atoms with Crippen LogP contribution in [0.5, 0.6) is 0 Å². The molecule has 0 saturated carbocycles. The number of anilines is 1. The fraction of sp³-hybridized carbons (Fsp3) is 0.556. The zero-order valence-corrected chi connectivity index (χ0v) is 12.3. The van der Waals surface area contributed by atoms with Crippen LogP contribution in [0.15, 0.2) is 17.1 Å². The Labute approximate surface area is 123 Å². The maximum atomic E-state index is 13.8. The quantitative estimate of drug-likeness (QED) is 0.604. The van der Waals surface area contributed by atoms with Crippen LogP contribution in [0, 0.1) is 0 Å². The fourth-order valence-electron chi connectivity index (χ4n) is 1.70. The first kappa shape index (κ1) is 15.7. The second-order valence-electron chi connectivity index (χ2n) is 3.72. The molecular weight excluding hydrogens is 376 g/mol. The number of aliphatic hydroxyl groups is 2. The lowest BCUT2D eigenvalue weighted by molar-refractivity contribution is 0.0631. The highest BCUT2D eigenvalue weighted by Gasteiger charge is 2.44. The van der Waals surface area contributed by atoms with Gasteiger partial charge in [0.25, 0.3) is 0 Å². The molecule has 1 saturated heterocycles. The molecule has 1 unspecified atom stereocenters. The zero-order chi connectivity index (χ0) is 12.6. The first-order chi connectivity index (χ1) is 8.04. The van der Waals surface area contributed by atoms with Gasteiger partial charge in [-0.25, -0.2) is 9.18 Å². The van der Waals surface area contributed by atoms with Gasteiger partial charge in [-0.15, -0.1) is 35.7 Å². The van der Waals surface area contributed by atoms with E-state index in [1.807, 2.05) is 0 Å². The van der Waals surface area contributed by atoms with Gasteiger partial charge in [0.05, 0.1) is 11.9 Å². The van der Waals surface area contributed by atoms with Crippen LogP contribution in [0.4, 0.5) is 10.2 Å². The fourth-order valence-corrected chi connectivity index (χ4v) is 3.06. The number of aliphatic hydroxyl groups excluding tert-OH is 2.